The van der Waals surface area contributed by atoms with Crippen molar-refractivity contribution in [1.29, 1.82) is 5.26 Å². The maximum Gasteiger partial charge on any atom is 0.340 e. The molecule has 0 saturated carbocycles. The molecule has 0 aliphatic heterocycles. The van der Waals surface area contributed by atoms with E-state index in [0.29, 0.717) is 17.2 Å². The molecular weight excluding hydrogens is 362 g/mol. The Morgan fingerprint density at radius 1 is 1.04 bits per heavy atom. The Balaban J connectivity index is 2.32. The molecule has 0 aliphatic carbocycles. The number of esters is 1. The third kappa shape index (κ3) is 4.80. The Bertz CT molecular complexity index is 933. The summed E-state index contributed by atoms with van der Waals surface area (Å²) < 4.78 is 15.2. The van der Waals surface area contributed by atoms with Crippen molar-refractivity contribution in [1.82, 2.24) is 0 Å². The molecule has 0 atom stereocenters. The second kappa shape index (κ2) is 9.64. The number of anilines is 2. The van der Waals surface area contributed by atoms with Gasteiger partial charge in [-0.15, -0.1) is 0 Å². The Kier molecular flexibility index (Phi) is 6.99. The normalized spacial score (nSPS) is 10.4. The van der Waals surface area contributed by atoms with E-state index >= 15 is 0 Å². The van der Waals surface area contributed by atoms with Crippen LogP contribution in [-0.4, -0.2) is 33.2 Å². The van der Waals surface area contributed by atoms with Crippen LogP contribution < -0.4 is 20.1 Å². The van der Waals surface area contributed by atoms with E-state index < -0.39 is 11.9 Å². The van der Waals surface area contributed by atoms with E-state index in [1.54, 1.807) is 24.3 Å². The Hall–Kier alpha value is -3.99. The number of para-hydroxylation sites is 1. The Labute approximate surface area is 162 Å². The number of nitriles is 1. The van der Waals surface area contributed by atoms with E-state index in [0.717, 1.165) is 0 Å². The highest BCUT2D eigenvalue weighted by atomic mass is 16.5. The number of amides is 1. The fraction of sp³-hybridized carbons (Fsp3) is 0.150. The van der Waals surface area contributed by atoms with Crippen LogP contribution in [0.3, 0.4) is 0 Å². The van der Waals surface area contributed by atoms with Gasteiger partial charge in [0.15, 0.2) is 11.5 Å². The predicted molar refractivity (Wildman–Crippen MR) is 103 cm³/mol. The van der Waals surface area contributed by atoms with Crippen LogP contribution in [0.5, 0.6) is 11.5 Å². The van der Waals surface area contributed by atoms with Crippen LogP contribution >= 0.6 is 0 Å². The average molecular weight is 381 g/mol. The summed E-state index contributed by atoms with van der Waals surface area (Å²) >= 11 is 0. The number of benzene rings is 2. The quantitative estimate of drug-likeness (QED) is 0.431. The molecule has 2 N–H and O–H groups in total. The summed E-state index contributed by atoms with van der Waals surface area (Å²) in [4.78, 5) is 24.4. The topological polar surface area (TPSA) is 110 Å². The first-order valence-corrected chi connectivity index (χ1v) is 8.11. The molecule has 0 unspecified atom stereocenters. The average Bonchev–Trinajstić information content (AvgIpc) is 2.73. The zero-order chi connectivity index (χ0) is 20.5. The third-order valence-corrected chi connectivity index (χ3v) is 3.70. The summed E-state index contributed by atoms with van der Waals surface area (Å²) in [5, 5.41) is 14.7. The third-order valence-electron chi connectivity index (χ3n) is 3.70. The summed E-state index contributed by atoms with van der Waals surface area (Å²) in [5.74, 6) is -0.525. The lowest BCUT2D eigenvalue weighted by Gasteiger charge is -2.14. The number of nitrogens with zero attached hydrogens (tertiary/aromatic N) is 1. The maximum atomic E-state index is 12.3. The SMILES string of the molecule is COC(=O)c1cc(OC)c(OC)cc1N/C=C(/C#N)C(=O)Nc1ccccc1. The number of carbonyl (C=O) groups excluding carboxylic acids is 2. The molecule has 144 valence electrons. The highest BCUT2D eigenvalue weighted by Gasteiger charge is 2.18. The minimum atomic E-state index is -0.621. The van der Waals surface area contributed by atoms with Gasteiger partial charge in [0.25, 0.3) is 5.91 Å². The number of rotatable bonds is 7. The first-order chi connectivity index (χ1) is 13.5. The van der Waals surface area contributed by atoms with E-state index in [4.69, 9.17) is 14.2 Å². The van der Waals surface area contributed by atoms with Crippen molar-refractivity contribution in [3.05, 3.63) is 59.8 Å². The first-order valence-electron chi connectivity index (χ1n) is 8.11. The van der Waals surface area contributed by atoms with E-state index in [9.17, 15) is 14.9 Å². The molecule has 0 fully saturated rings. The zero-order valence-electron chi connectivity index (χ0n) is 15.6. The van der Waals surface area contributed by atoms with Crippen LogP contribution in [-0.2, 0) is 9.53 Å². The van der Waals surface area contributed by atoms with Gasteiger partial charge in [-0.05, 0) is 12.1 Å². The molecule has 2 aromatic carbocycles. The maximum absolute atomic E-state index is 12.3. The fourth-order valence-electron chi connectivity index (χ4n) is 2.30. The van der Waals surface area contributed by atoms with Gasteiger partial charge >= 0.3 is 5.97 Å². The molecule has 28 heavy (non-hydrogen) atoms. The van der Waals surface area contributed by atoms with Crippen LogP contribution in [0.15, 0.2) is 54.2 Å². The molecule has 2 aromatic rings. The molecule has 0 heterocycles. The van der Waals surface area contributed by atoms with Gasteiger partial charge < -0.3 is 24.8 Å². The first kappa shape index (κ1) is 20.3. The molecule has 2 rings (SSSR count). The van der Waals surface area contributed by atoms with Crippen LogP contribution in [0, 0.1) is 11.3 Å². The summed E-state index contributed by atoms with van der Waals surface area (Å²) in [6.07, 6.45) is 1.20. The van der Waals surface area contributed by atoms with Crippen molar-refractivity contribution in [2.45, 2.75) is 0 Å². The molecule has 0 aliphatic rings. The zero-order valence-corrected chi connectivity index (χ0v) is 15.6. The molecule has 0 bridgehead atoms. The number of hydrogen-bond acceptors (Lipinski definition) is 7. The highest BCUT2D eigenvalue weighted by molar-refractivity contribution is 6.07. The van der Waals surface area contributed by atoms with Crippen LogP contribution in [0.2, 0.25) is 0 Å². The summed E-state index contributed by atoms with van der Waals surface area (Å²) in [7, 11) is 4.13. The largest absolute Gasteiger partial charge is 0.493 e. The van der Waals surface area contributed by atoms with Crippen molar-refractivity contribution in [2.75, 3.05) is 32.0 Å². The van der Waals surface area contributed by atoms with Crippen molar-refractivity contribution in [2.24, 2.45) is 0 Å². The Morgan fingerprint density at radius 3 is 2.25 bits per heavy atom. The van der Waals surface area contributed by atoms with E-state index in [2.05, 4.69) is 10.6 Å². The lowest BCUT2D eigenvalue weighted by molar-refractivity contribution is -0.112. The minimum absolute atomic E-state index is 0.150. The highest BCUT2D eigenvalue weighted by Crippen LogP contribution is 2.33. The number of carbonyl (C=O) groups is 2. The molecule has 0 spiro atoms. The summed E-state index contributed by atoms with van der Waals surface area (Å²) in [6, 6.07) is 13.5. The van der Waals surface area contributed by atoms with Gasteiger partial charge in [-0.25, -0.2) is 4.79 Å². The molecule has 1 amide bonds. The van der Waals surface area contributed by atoms with Gasteiger partial charge in [0.1, 0.15) is 11.6 Å². The van der Waals surface area contributed by atoms with Crippen molar-refractivity contribution in [3.8, 4) is 17.6 Å². The predicted octanol–water partition coefficient (Wildman–Crippen LogP) is 2.95. The monoisotopic (exact) mass is 381 g/mol. The number of nitrogens with one attached hydrogen (secondary N) is 2. The molecule has 0 radical (unpaired) electrons. The number of hydrogen-bond donors (Lipinski definition) is 2. The van der Waals surface area contributed by atoms with Gasteiger partial charge in [-0.2, -0.15) is 5.26 Å². The van der Waals surface area contributed by atoms with Crippen LogP contribution in [0.25, 0.3) is 0 Å². The van der Waals surface area contributed by atoms with Gasteiger partial charge in [-0.3, -0.25) is 4.79 Å². The fourth-order valence-corrected chi connectivity index (χ4v) is 2.30. The van der Waals surface area contributed by atoms with Crippen molar-refractivity contribution < 1.29 is 23.8 Å². The lowest BCUT2D eigenvalue weighted by Crippen LogP contribution is -2.15. The van der Waals surface area contributed by atoms with E-state index in [-0.39, 0.29) is 16.8 Å². The van der Waals surface area contributed by atoms with E-state index in [1.807, 2.05) is 12.1 Å². The molecule has 8 heteroatoms. The Morgan fingerprint density at radius 2 is 1.68 bits per heavy atom. The summed E-state index contributed by atoms with van der Waals surface area (Å²) in [5.41, 5.74) is 0.798. The van der Waals surface area contributed by atoms with E-state index in [1.165, 1.54) is 39.7 Å². The van der Waals surface area contributed by atoms with Crippen LogP contribution in [0.1, 0.15) is 10.4 Å². The standard InChI is InChI=1S/C20H19N3O5/c1-26-17-9-15(20(25)28-3)16(10-18(17)27-2)22-12-13(11-21)19(24)23-14-7-5-4-6-8-14/h4-10,12,22H,1-3H3,(H,23,24)/b13-12-. The lowest BCUT2D eigenvalue weighted by atomic mass is 10.1. The minimum Gasteiger partial charge on any atom is -0.493 e. The van der Waals surface area contributed by atoms with Crippen molar-refractivity contribution in [3.63, 3.8) is 0 Å². The second-order valence-electron chi connectivity index (χ2n) is 5.38. The van der Waals surface area contributed by atoms with Crippen LogP contribution in [0.4, 0.5) is 11.4 Å². The van der Waals surface area contributed by atoms with Gasteiger partial charge in [0.05, 0.1) is 32.6 Å². The van der Waals surface area contributed by atoms with Gasteiger partial charge in [0, 0.05) is 24.0 Å². The smallest absolute Gasteiger partial charge is 0.340 e. The van der Waals surface area contributed by atoms with Gasteiger partial charge in [-0.1, -0.05) is 18.2 Å². The molecule has 0 saturated heterocycles. The summed E-state index contributed by atoms with van der Waals surface area (Å²) in [6.45, 7) is 0. The number of methoxy groups -OCH3 is 3. The molecule has 0 aromatic heterocycles. The number of ether oxygens (including phenoxy) is 3. The van der Waals surface area contributed by atoms with Gasteiger partial charge in [0.2, 0.25) is 0 Å². The molecule has 8 nitrogen and oxygen atoms in total. The molecular formula is C20H19N3O5. The van der Waals surface area contributed by atoms with Crippen molar-refractivity contribution >= 4 is 23.3 Å². The second-order valence-corrected chi connectivity index (χ2v) is 5.38.